The molecule has 2 aromatic heterocycles. The molecule has 0 aliphatic heterocycles. The van der Waals surface area contributed by atoms with Crippen molar-refractivity contribution in [3.05, 3.63) is 41.3 Å². The molecular formula is C24H32F3N5O. The molecule has 6 nitrogen and oxygen atoms in total. The fourth-order valence-corrected chi connectivity index (χ4v) is 4.02. The number of aromatic nitrogens is 4. The van der Waals surface area contributed by atoms with Crippen molar-refractivity contribution >= 4 is 23.2 Å². The normalized spacial score (nSPS) is 14.1. The average Bonchev–Trinajstić information content (AvgIpc) is 3.27. The molecule has 1 unspecified atom stereocenters. The second kappa shape index (κ2) is 9.67. The molecule has 3 aromatic rings. The fourth-order valence-electron chi connectivity index (χ4n) is 4.02. The second-order valence-electron chi connectivity index (χ2n) is 10.1. The van der Waals surface area contributed by atoms with Gasteiger partial charge in [-0.25, -0.2) is 4.98 Å². The van der Waals surface area contributed by atoms with Gasteiger partial charge < -0.3 is 14.0 Å². The summed E-state index contributed by atoms with van der Waals surface area (Å²) < 4.78 is 44.5. The van der Waals surface area contributed by atoms with Crippen LogP contribution in [0.5, 0.6) is 0 Å². The predicted octanol–water partition coefficient (Wildman–Crippen LogP) is 5.78. The summed E-state index contributed by atoms with van der Waals surface area (Å²) in [6.07, 6.45) is 0.383. The minimum atomic E-state index is -4.65. The van der Waals surface area contributed by atoms with Crippen molar-refractivity contribution in [3.8, 4) is 0 Å². The molecule has 2 heterocycles. The molecule has 9 heteroatoms. The van der Waals surface area contributed by atoms with Crippen LogP contribution in [0.25, 0.3) is 23.2 Å². The van der Waals surface area contributed by atoms with E-state index in [1.165, 1.54) is 6.08 Å². The minimum Gasteiger partial charge on any atom is -0.329 e. The Morgan fingerprint density at radius 2 is 1.85 bits per heavy atom. The zero-order valence-electron chi connectivity index (χ0n) is 20.1. The van der Waals surface area contributed by atoms with Gasteiger partial charge in [0.15, 0.2) is 5.82 Å². The summed E-state index contributed by atoms with van der Waals surface area (Å²) in [6.45, 7) is 10.7. The van der Waals surface area contributed by atoms with Gasteiger partial charge in [0, 0.05) is 19.5 Å². The van der Waals surface area contributed by atoms with E-state index in [4.69, 9.17) is 4.98 Å². The summed E-state index contributed by atoms with van der Waals surface area (Å²) in [5, 5.41) is 3.36. The van der Waals surface area contributed by atoms with Crippen LogP contribution in [0.2, 0.25) is 0 Å². The molecule has 3 rings (SSSR count). The van der Waals surface area contributed by atoms with Crippen molar-refractivity contribution in [1.82, 2.24) is 24.6 Å². The Morgan fingerprint density at radius 1 is 1.12 bits per heavy atom. The zero-order valence-corrected chi connectivity index (χ0v) is 20.1. The lowest BCUT2D eigenvalue weighted by atomic mass is 9.84. The van der Waals surface area contributed by atoms with Crippen LogP contribution >= 0.6 is 0 Å². The molecule has 0 aliphatic rings. The van der Waals surface area contributed by atoms with Gasteiger partial charge in [-0.15, -0.1) is 0 Å². The molecule has 0 amide bonds. The Kier molecular flexibility index (Phi) is 7.31. The molecule has 0 N–H and O–H groups in total. The molecule has 1 atom stereocenters. The van der Waals surface area contributed by atoms with Crippen LogP contribution in [0.15, 0.2) is 22.7 Å². The highest BCUT2D eigenvalue weighted by Gasteiger charge is 2.38. The number of halogens is 3. The van der Waals surface area contributed by atoms with E-state index in [1.807, 2.05) is 32.3 Å². The molecule has 0 radical (unpaired) electrons. The Morgan fingerprint density at radius 3 is 2.45 bits per heavy atom. The van der Waals surface area contributed by atoms with E-state index in [2.05, 4.69) is 51.8 Å². The highest BCUT2D eigenvalue weighted by molar-refractivity contribution is 5.81. The molecule has 0 saturated carbocycles. The standard InChI is InChI=1S/C24H32F3N5O/c1-16(15-23(2,3)4)13-21-28-18-14-17(7-9-19(18)32(21)12-11-31(5)6)8-10-20-29-22(33-30-20)24(25,26)27/h7-10,14,16H,11-13,15H2,1-6H3/b10-8+. The Hall–Kier alpha value is -2.68. The van der Waals surface area contributed by atoms with Crippen molar-refractivity contribution < 1.29 is 17.7 Å². The third kappa shape index (κ3) is 6.90. The summed E-state index contributed by atoms with van der Waals surface area (Å²) in [6, 6.07) is 5.85. The summed E-state index contributed by atoms with van der Waals surface area (Å²) >= 11 is 0. The zero-order chi connectivity index (χ0) is 24.4. The van der Waals surface area contributed by atoms with Gasteiger partial charge in [0.25, 0.3) is 0 Å². The number of rotatable bonds is 8. The SMILES string of the molecule is CC(Cc1nc2cc(/C=C/c3noc(C(F)(F)F)n3)ccc2n1CCN(C)C)CC(C)(C)C. The molecular weight excluding hydrogens is 431 g/mol. The van der Waals surface area contributed by atoms with Gasteiger partial charge >= 0.3 is 12.1 Å². The summed E-state index contributed by atoms with van der Waals surface area (Å²) in [7, 11) is 4.10. The third-order valence-electron chi connectivity index (χ3n) is 5.22. The van der Waals surface area contributed by atoms with Crippen LogP contribution in [0.1, 0.15) is 57.2 Å². The molecule has 0 saturated heterocycles. The molecule has 0 bridgehead atoms. The van der Waals surface area contributed by atoms with Crippen molar-refractivity contribution in [2.75, 3.05) is 20.6 Å². The second-order valence-corrected chi connectivity index (χ2v) is 10.1. The lowest BCUT2D eigenvalue weighted by Gasteiger charge is -2.23. The quantitative estimate of drug-likeness (QED) is 0.424. The first-order valence-electron chi connectivity index (χ1n) is 11.0. The number of nitrogens with zero attached hydrogens (tertiary/aromatic N) is 5. The molecule has 33 heavy (non-hydrogen) atoms. The van der Waals surface area contributed by atoms with Gasteiger partial charge in [-0.3, -0.25) is 0 Å². The highest BCUT2D eigenvalue weighted by Crippen LogP contribution is 2.29. The van der Waals surface area contributed by atoms with Crippen molar-refractivity contribution in [2.24, 2.45) is 11.3 Å². The van der Waals surface area contributed by atoms with Gasteiger partial charge in [-0.2, -0.15) is 18.2 Å². The topological polar surface area (TPSA) is 60.0 Å². The number of fused-ring (bicyclic) bond motifs is 1. The van der Waals surface area contributed by atoms with Crippen molar-refractivity contribution in [3.63, 3.8) is 0 Å². The first kappa shape index (κ1) is 25.0. The molecule has 1 aromatic carbocycles. The van der Waals surface area contributed by atoms with E-state index in [0.29, 0.717) is 5.92 Å². The van der Waals surface area contributed by atoms with Gasteiger partial charge in [0.1, 0.15) is 5.82 Å². The number of likely N-dealkylation sites (N-methyl/N-ethyl adjacent to an activating group) is 1. The van der Waals surface area contributed by atoms with Gasteiger partial charge in [0.2, 0.25) is 0 Å². The summed E-state index contributed by atoms with van der Waals surface area (Å²) in [4.78, 5) is 10.4. The van der Waals surface area contributed by atoms with Crippen molar-refractivity contribution in [2.45, 2.75) is 53.3 Å². The third-order valence-corrected chi connectivity index (χ3v) is 5.22. The van der Waals surface area contributed by atoms with Crippen LogP contribution in [0.4, 0.5) is 13.2 Å². The number of hydrogen-bond donors (Lipinski definition) is 0. The Balaban J connectivity index is 1.87. The molecule has 0 spiro atoms. The van der Waals surface area contributed by atoms with E-state index in [-0.39, 0.29) is 11.2 Å². The van der Waals surface area contributed by atoms with Gasteiger partial charge in [-0.1, -0.05) is 45.0 Å². The largest absolute Gasteiger partial charge is 0.471 e. The van der Waals surface area contributed by atoms with E-state index < -0.39 is 12.1 Å². The minimum absolute atomic E-state index is 0.129. The lowest BCUT2D eigenvalue weighted by Crippen LogP contribution is -2.21. The fraction of sp³-hybridized carbons (Fsp3) is 0.542. The molecule has 180 valence electrons. The summed E-state index contributed by atoms with van der Waals surface area (Å²) in [5.74, 6) is 0.0555. The molecule has 0 fully saturated rings. The first-order chi connectivity index (χ1) is 15.3. The monoisotopic (exact) mass is 463 g/mol. The van der Waals surface area contributed by atoms with Crippen LogP contribution in [0.3, 0.4) is 0 Å². The maximum absolute atomic E-state index is 12.6. The van der Waals surface area contributed by atoms with E-state index in [9.17, 15) is 13.2 Å². The molecule has 0 aliphatic carbocycles. The number of hydrogen-bond acceptors (Lipinski definition) is 5. The first-order valence-corrected chi connectivity index (χ1v) is 11.0. The van der Waals surface area contributed by atoms with Crippen LogP contribution in [-0.2, 0) is 19.1 Å². The van der Waals surface area contributed by atoms with E-state index in [1.54, 1.807) is 6.08 Å². The van der Waals surface area contributed by atoms with E-state index in [0.717, 1.165) is 48.4 Å². The van der Waals surface area contributed by atoms with Crippen LogP contribution < -0.4 is 0 Å². The highest BCUT2D eigenvalue weighted by atomic mass is 19.4. The Labute approximate surface area is 192 Å². The summed E-state index contributed by atoms with van der Waals surface area (Å²) in [5.41, 5.74) is 2.95. The maximum atomic E-state index is 12.6. The van der Waals surface area contributed by atoms with Crippen LogP contribution in [-0.4, -0.2) is 45.2 Å². The Bertz CT molecular complexity index is 1110. The number of benzene rings is 1. The van der Waals surface area contributed by atoms with Gasteiger partial charge in [-0.05, 0) is 55.6 Å². The smallest absolute Gasteiger partial charge is 0.329 e. The van der Waals surface area contributed by atoms with Crippen molar-refractivity contribution in [1.29, 1.82) is 0 Å². The van der Waals surface area contributed by atoms with Gasteiger partial charge in [0.05, 0.1) is 11.0 Å². The average molecular weight is 464 g/mol. The number of alkyl halides is 3. The van der Waals surface area contributed by atoms with E-state index >= 15 is 0 Å². The maximum Gasteiger partial charge on any atom is 0.471 e. The number of imidazole rings is 1. The lowest BCUT2D eigenvalue weighted by molar-refractivity contribution is -0.159. The van der Waals surface area contributed by atoms with Crippen LogP contribution in [0, 0.1) is 11.3 Å². The predicted molar refractivity (Wildman–Crippen MR) is 123 cm³/mol.